The summed E-state index contributed by atoms with van der Waals surface area (Å²) in [6, 6.07) is 18.8. The van der Waals surface area contributed by atoms with Gasteiger partial charge in [-0.15, -0.1) is 22.7 Å². The van der Waals surface area contributed by atoms with Gasteiger partial charge in [0.05, 0.1) is 30.4 Å². The maximum Gasteiger partial charge on any atom is 0.136 e. The minimum Gasteiger partial charge on any atom is -0.360 e. The molecule has 0 saturated heterocycles. The topological polar surface area (TPSA) is 62.7 Å². The van der Waals surface area contributed by atoms with Crippen LogP contribution < -0.4 is 0 Å². The van der Waals surface area contributed by atoms with Crippen LogP contribution in [0.25, 0.3) is 20.4 Å². The van der Waals surface area contributed by atoms with Gasteiger partial charge in [-0.3, -0.25) is 0 Å². The SMILES string of the molecule is COC(OC)[Si]CC(CSSSCC(C[Si]C(OC)OC)c1nc2ccccc2s1)c1nc2ccccc2s1. The number of aromatic nitrogens is 2. The van der Waals surface area contributed by atoms with Crippen molar-refractivity contribution >= 4 is 93.6 Å². The molecule has 0 aliphatic rings. The highest BCUT2D eigenvalue weighted by Crippen LogP contribution is 2.43. The first kappa shape index (κ1) is 31.5. The molecule has 4 radical (unpaired) electrons. The second-order valence-corrected chi connectivity index (χ2v) is 17.5. The van der Waals surface area contributed by atoms with Crippen molar-refractivity contribution in [3.8, 4) is 0 Å². The van der Waals surface area contributed by atoms with E-state index in [0.717, 1.165) is 34.6 Å². The minimum atomic E-state index is -0.160. The molecule has 0 spiro atoms. The molecule has 2 atom stereocenters. The van der Waals surface area contributed by atoms with Gasteiger partial charge in [0.25, 0.3) is 0 Å². The van der Waals surface area contributed by atoms with Crippen molar-refractivity contribution in [2.24, 2.45) is 0 Å². The van der Waals surface area contributed by atoms with Crippen LogP contribution in [-0.4, -0.2) is 80.8 Å². The normalized spacial score (nSPS) is 13.7. The second-order valence-electron chi connectivity index (χ2n) is 8.49. The minimum absolute atomic E-state index is 0.160. The molecule has 2 aromatic carbocycles. The number of rotatable bonds is 18. The van der Waals surface area contributed by atoms with Crippen molar-refractivity contribution in [1.82, 2.24) is 9.97 Å². The van der Waals surface area contributed by atoms with Crippen LogP contribution in [0.1, 0.15) is 21.9 Å². The van der Waals surface area contributed by atoms with Gasteiger partial charge in [0.2, 0.25) is 0 Å². The van der Waals surface area contributed by atoms with Crippen molar-refractivity contribution < 1.29 is 18.9 Å². The Kier molecular flexibility index (Phi) is 13.6. The van der Waals surface area contributed by atoms with Crippen molar-refractivity contribution in [3.05, 3.63) is 58.5 Å². The van der Waals surface area contributed by atoms with Crippen LogP contribution in [0.3, 0.4) is 0 Å². The lowest BCUT2D eigenvalue weighted by atomic mass is 10.2. The lowest BCUT2D eigenvalue weighted by Gasteiger charge is -2.18. The van der Waals surface area contributed by atoms with Crippen molar-refractivity contribution in [1.29, 1.82) is 0 Å². The number of hydrogen-bond donors (Lipinski definition) is 0. The predicted molar refractivity (Wildman–Crippen MR) is 174 cm³/mol. The molecule has 0 amide bonds. The molecule has 0 fully saturated rings. The molecule has 0 saturated carbocycles. The molecule has 6 nitrogen and oxygen atoms in total. The second kappa shape index (κ2) is 16.9. The molecular weight excluding hydrogens is 621 g/mol. The van der Waals surface area contributed by atoms with Gasteiger partial charge in [0, 0.05) is 51.8 Å². The van der Waals surface area contributed by atoms with E-state index in [1.807, 2.05) is 31.4 Å². The highest BCUT2D eigenvalue weighted by molar-refractivity contribution is 9.09. The van der Waals surface area contributed by atoms with Crippen LogP contribution in [0.4, 0.5) is 0 Å². The van der Waals surface area contributed by atoms with Crippen LogP contribution >= 0.6 is 54.1 Å². The van der Waals surface area contributed by atoms with Gasteiger partial charge in [-0.05, 0) is 46.2 Å². The van der Waals surface area contributed by atoms with Gasteiger partial charge in [0.1, 0.15) is 30.9 Å². The fourth-order valence-corrected chi connectivity index (χ4v) is 13.4. The number of thiazole rings is 2. The van der Waals surface area contributed by atoms with E-state index in [1.165, 1.54) is 19.4 Å². The third-order valence-electron chi connectivity index (χ3n) is 5.87. The third-order valence-corrected chi connectivity index (χ3v) is 15.7. The van der Waals surface area contributed by atoms with Crippen LogP contribution in [0.5, 0.6) is 0 Å². The van der Waals surface area contributed by atoms with E-state index < -0.39 is 0 Å². The fraction of sp³-hybridized carbons (Fsp3) is 0.462. The van der Waals surface area contributed by atoms with Gasteiger partial charge in [-0.1, -0.05) is 45.9 Å². The molecule has 2 unspecified atom stereocenters. The summed E-state index contributed by atoms with van der Waals surface area (Å²) in [5.74, 6) is 2.38. The fourth-order valence-electron chi connectivity index (χ4n) is 3.82. The Bertz CT molecular complexity index is 1110. The number of para-hydroxylation sites is 2. The van der Waals surface area contributed by atoms with Gasteiger partial charge in [-0.25, -0.2) is 9.97 Å². The maximum absolute atomic E-state index is 5.47. The highest BCUT2D eigenvalue weighted by Gasteiger charge is 2.22. The van der Waals surface area contributed by atoms with Crippen LogP contribution in [0.15, 0.2) is 48.5 Å². The largest absolute Gasteiger partial charge is 0.360 e. The van der Waals surface area contributed by atoms with E-state index in [4.69, 9.17) is 28.9 Å². The summed E-state index contributed by atoms with van der Waals surface area (Å²) in [7, 11) is 13.6. The Morgan fingerprint density at radius 1 is 0.667 bits per heavy atom. The summed E-state index contributed by atoms with van der Waals surface area (Å²) in [4.78, 5) is 9.94. The Balaban J connectivity index is 1.36. The molecule has 2 aromatic heterocycles. The Morgan fingerprint density at radius 3 is 1.46 bits per heavy atom. The first-order valence-corrected chi connectivity index (χ1v) is 20.4. The average Bonchev–Trinajstić information content (AvgIpc) is 3.60. The molecule has 208 valence electrons. The Hall–Kier alpha value is -0.456. The molecular formula is C26H32N2O4S5Si2. The summed E-state index contributed by atoms with van der Waals surface area (Å²) < 4.78 is 24.4. The number of nitrogens with zero attached hydrogens (tertiary/aromatic N) is 2. The molecule has 2 heterocycles. The number of fused-ring (bicyclic) bond motifs is 2. The van der Waals surface area contributed by atoms with Gasteiger partial charge in [-0.2, -0.15) is 0 Å². The molecule has 4 aromatic rings. The summed E-state index contributed by atoms with van der Waals surface area (Å²) in [6.07, 6.45) is 0. The highest BCUT2D eigenvalue weighted by atomic mass is 33.5. The summed E-state index contributed by atoms with van der Waals surface area (Å²) in [6.45, 7) is 0. The third kappa shape index (κ3) is 9.27. The zero-order valence-electron chi connectivity index (χ0n) is 22.3. The van der Waals surface area contributed by atoms with Gasteiger partial charge < -0.3 is 18.9 Å². The average molecular weight is 653 g/mol. The Morgan fingerprint density at radius 2 is 1.08 bits per heavy atom. The molecule has 0 bridgehead atoms. The van der Waals surface area contributed by atoms with E-state index >= 15 is 0 Å². The maximum atomic E-state index is 5.47. The molecule has 4 rings (SSSR count). The van der Waals surface area contributed by atoms with Crippen molar-refractivity contribution in [3.63, 3.8) is 0 Å². The van der Waals surface area contributed by atoms with E-state index in [2.05, 4.69) is 48.5 Å². The van der Waals surface area contributed by atoms with Gasteiger partial charge >= 0.3 is 0 Å². The first-order chi connectivity index (χ1) is 19.1. The van der Waals surface area contributed by atoms with Crippen molar-refractivity contribution in [2.45, 2.75) is 35.8 Å². The standard InChI is InChI=1S/C26H32N2O4S5Si2/c1-29-25(30-2)38-15-17(23-27-19-9-5-7-11-21(19)35-23)13-33-37-34-14-18(16-39-26(31-3)32-4)24-28-20-10-6-8-12-22(20)36-24/h5-12,17-18,25-26H,13-16H2,1-4H3. The molecule has 0 aliphatic heterocycles. The molecule has 0 aliphatic carbocycles. The molecule has 0 N–H and O–H groups in total. The Labute approximate surface area is 255 Å². The quantitative estimate of drug-likeness (QED) is 0.0481. The van der Waals surface area contributed by atoms with Crippen LogP contribution in [-0.2, 0) is 18.9 Å². The number of methoxy groups -OCH3 is 4. The number of benzene rings is 2. The van der Waals surface area contributed by atoms with Crippen LogP contribution in [0.2, 0.25) is 12.1 Å². The predicted octanol–water partition coefficient (Wildman–Crippen LogP) is 7.20. The van der Waals surface area contributed by atoms with E-state index in [0.29, 0.717) is 30.9 Å². The summed E-state index contributed by atoms with van der Waals surface area (Å²) in [5, 5.41) is 2.40. The smallest absolute Gasteiger partial charge is 0.136 e. The van der Waals surface area contributed by atoms with E-state index in [1.54, 1.807) is 51.1 Å². The number of ether oxygens (including phenoxy) is 4. The summed E-state index contributed by atoms with van der Waals surface area (Å²) in [5.41, 5.74) is 2.16. The summed E-state index contributed by atoms with van der Waals surface area (Å²) >= 11 is 3.61. The lowest BCUT2D eigenvalue weighted by molar-refractivity contribution is -0.0443. The zero-order chi connectivity index (χ0) is 27.5. The van der Waals surface area contributed by atoms with Gasteiger partial charge in [0.15, 0.2) is 0 Å². The van der Waals surface area contributed by atoms with E-state index in [9.17, 15) is 0 Å². The lowest BCUT2D eigenvalue weighted by Crippen LogP contribution is -2.23. The molecule has 13 heteroatoms. The van der Waals surface area contributed by atoms with Crippen LogP contribution in [0, 0.1) is 0 Å². The number of hydrogen-bond acceptors (Lipinski definition) is 11. The molecule has 39 heavy (non-hydrogen) atoms. The van der Waals surface area contributed by atoms with E-state index in [-0.39, 0.29) is 11.8 Å². The zero-order valence-corrected chi connectivity index (χ0v) is 28.4. The first-order valence-electron chi connectivity index (χ1n) is 12.3. The van der Waals surface area contributed by atoms with Crippen molar-refractivity contribution in [2.75, 3.05) is 39.9 Å². The monoisotopic (exact) mass is 652 g/mol.